The second-order valence-corrected chi connectivity index (χ2v) is 21.7. The quantitative estimate of drug-likeness (QED) is 0.0321. The standard InChI is InChI=1S/C64H123NO5/c1-3-5-7-9-11-13-15-17-18-19-20-21-22-23-24-25-26-29-33-36-40-44-48-52-56-62(67)61(60-66)65-63(68)57-53-49-45-41-37-34-30-27-28-31-35-39-43-47-51-55-59-70-64(69)58-54-50-46-42-38-32-16-14-12-10-8-6-4-2/h27,30,52,56,61-62,66-67H,3-26,28-29,31-51,53-55,57-60H2,1-2H3,(H,65,68)/b30-27-,56-52+. The molecule has 0 aromatic heterocycles. The van der Waals surface area contributed by atoms with Crippen LogP contribution in [0.1, 0.15) is 348 Å². The minimum Gasteiger partial charge on any atom is -0.466 e. The number of nitrogens with one attached hydrogen (secondary N) is 1. The second kappa shape index (κ2) is 59.9. The Morgan fingerprint density at radius 3 is 1.01 bits per heavy atom. The normalized spacial score (nSPS) is 12.7. The fraction of sp³-hybridized carbons (Fsp3) is 0.906. The molecule has 2 atom stereocenters. The van der Waals surface area contributed by atoms with Crippen LogP contribution >= 0.6 is 0 Å². The molecule has 2 unspecified atom stereocenters. The summed E-state index contributed by atoms with van der Waals surface area (Å²) in [6.45, 7) is 4.91. The highest BCUT2D eigenvalue weighted by molar-refractivity contribution is 5.76. The highest BCUT2D eigenvalue weighted by Gasteiger charge is 2.18. The molecule has 70 heavy (non-hydrogen) atoms. The van der Waals surface area contributed by atoms with Gasteiger partial charge in [-0.3, -0.25) is 9.59 Å². The number of hydrogen-bond donors (Lipinski definition) is 3. The summed E-state index contributed by atoms with van der Waals surface area (Å²) in [5.41, 5.74) is 0. The number of allylic oxidation sites excluding steroid dienone is 3. The number of aliphatic hydroxyl groups excluding tert-OH is 2. The summed E-state index contributed by atoms with van der Waals surface area (Å²) in [5, 5.41) is 23.2. The zero-order valence-electron chi connectivity index (χ0n) is 47.3. The average Bonchev–Trinajstić information content (AvgIpc) is 3.36. The summed E-state index contributed by atoms with van der Waals surface area (Å²) in [6.07, 6.45) is 73.6. The van der Waals surface area contributed by atoms with Gasteiger partial charge in [-0.1, -0.05) is 301 Å². The fourth-order valence-electron chi connectivity index (χ4n) is 9.87. The van der Waals surface area contributed by atoms with Gasteiger partial charge in [-0.2, -0.15) is 0 Å². The van der Waals surface area contributed by atoms with Gasteiger partial charge in [-0.15, -0.1) is 0 Å². The Hall–Kier alpha value is -1.66. The van der Waals surface area contributed by atoms with E-state index in [0.29, 0.717) is 19.4 Å². The Morgan fingerprint density at radius 1 is 0.386 bits per heavy atom. The number of esters is 1. The van der Waals surface area contributed by atoms with Crippen molar-refractivity contribution in [3.8, 4) is 0 Å². The van der Waals surface area contributed by atoms with E-state index in [2.05, 4.69) is 31.3 Å². The van der Waals surface area contributed by atoms with Crippen molar-refractivity contribution < 1.29 is 24.5 Å². The third-order valence-electron chi connectivity index (χ3n) is 14.7. The van der Waals surface area contributed by atoms with Gasteiger partial charge in [0.2, 0.25) is 5.91 Å². The highest BCUT2D eigenvalue weighted by Crippen LogP contribution is 2.18. The molecule has 6 nitrogen and oxygen atoms in total. The number of rotatable bonds is 59. The zero-order valence-corrected chi connectivity index (χ0v) is 47.3. The van der Waals surface area contributed by atoms with E-state index in [-0.39, 0.29) is 18.5 Å². The number of hydrogen-bond acceptors (Lipinski definition) is 5. The molecule has 0 saturated carbocycles. The van der Waals surface area contributed by atoms with Gasteiger partial charge in [-0.25, -0.2) is 0 Å². The monoisotopic (exact) mass is 986 g/mol. The van der Waals surface area contributed by atoms with Crippen LogP contribution in [0.2, 0.25) is 0 Å². The zero-order chi connectivity index (χ0) is 50.7. The summed E-state index contributed by atoms with van der Waals surface area (Å²) in [7, 11) is 0. The van der Waals surface area contributed by atoms with Crippen molar-refractivity contribution in [1.82, 2.24) is 5.32 Å². The van der Waals surface area contributed by atoms with Crippen LogP contribution in [0.5, 0.6) is 0 Å². The van der Waals surface area contributed by atoms with Crippen LogP contribution in [0.4, 0.5) is 0 Å². The molecule has 0 saturated heterocycles. The Morgan fingerprint density at radius 2 is 0.671 bits per heavy atom. The van der Waals surface area contributed by atoms with Crippen molar-refractivity contribution in [2.24, 2.45) is 0 Å². The van der Waals surface area contributed by atoms with Gasteiger partial charge in [0, 0.05) is 12.8 Å². The van der Waals surface area contributed by atoms with Crippen LogP contribution in [0.25, 0.3) is 0 Å². The van der Waals surface area contributed by atoms with Gasteiger partial charge in [0.25, 0.3) is 0 Å². The van der Waals surface area contributed by atoms with Crippen LogP contribution in [0.3, 0.4) is 0 Å². The third kappa shape index (κ3) is 55.7. The molecule has 0 aromatic carbocycles. The van der Waals surface area contributed by atoms with E-state index in [0.717, 1.165) is 64.2 Å². The third-order valence-corrected chi connectivity index (χ3v) is 14.7. The van der Waals surface area contributed by atoms with E-state index in [1.165, 1.54) is 257 Å². The fourth-order valence-corrected chi connectivity index (χ4v) is 9.87. The maximum atomic E-state index is 12.5. The van der Waals surface area contributed by atoms with E-state index in [1.54, 1.807) is 6.08 Å². The summed E-state index contributed by atoms with van der Waals surface area (Å²) < 4.78 is 5.47. The van der Waals surface area contributed by atoms with Crippen molar-refractivity contribution in [2.45, 2.75) is 360 Å². The van der Waals surface area contributed by atoms with Gasteiger partial charge in [0.05, 0.1) is 25.4 Å². The molecule has 0 rings (SSSR count). The minimum atomic E-state index is -0.856. The van der Waals surface area contributed by atoms with E-state index in [4.69, 9.17) is 4.74 Å². The Kier molecular flexibility index (Phi) is 58.5. The lowest BCUT2D eigenvalue weighted by Crippen LogP contribution is -2.45. The Balaban J connectivity index is 3.49. The minimum absolute atomic E-state index is 0.00165. The van der Waals surface area contributed by atoms with Crippen molar-refractivity contribution in [1.29, 1.82) is 0 Å². The van der Waals surface area contributed by atoms with E-state index < -0.39 is 12.1 Å². The van der Waals surface area contributed by atoms with Crippen molar-refractivity contribution >= 4 is 11.9 Å². The maximum Gasteiger partial charge on any atom is 0.305 e. The van der Waals surface area contributed by atoms with E-state index >= 15 is 0 Å². The van der Waals surface area contributed by atoms with Gasteiger partial charge in [-0.05, 0) is 57.8 Å². The average molecular weight is 987 g/mol. The molecule has 0 heterocycles. The van der Waals surface area contributed by atoms with Gasteiger partial charge < -0.3 is 20.3 Å². The first-order valence-corrected chi connectivity index (χ1v) is 31.6. The Labute approximate surface area is 437 Å². The molecule has 0 aliphatic carbocycles. The molecule has 414 valence electrons. The number of aliphatic hydroxyl groups is 2. The SMILES string of the molecule is CCCCCCCCCCCCCCCCCCCCCCCC/C=C/C(O)C(CO)NC(=O)CCCCCCC/C=C\CCCCCCCCCOC(=O)CCCCCCCCCCCCCCC. The molecule has 0 bridgehead atoms. The number of unbranched alkanes of at least 4 members (excludes halogenated alkanes) is 46. The molecule has 0 aromatic rings. The van der Waals surface area contributed by atoms with Crippen molar-refractivity contribution in [3.05, 3.63) is 24.3 Å². The lowest BCUT2D eigenvalue weighted by Gasteiger charge is -2.20. The maximum absolute atomic E-state index is 12.5. The van der Waals surface area contributed by atoms with Crippen LogP contribution < -0.4 is 5.32 Å². The first-order chi connectivity index (χ1) is 34.5. The molecule has 6 heteroatoms. The van der Waals surface area contributed by atoms with Gasteiger partial charge in [0.1, 0.15) is 0 Å². The summed E-state index contributed by atoms with van der Waals surface area (Å²) >= 11 is 0. The molecule has 0 radical (unpaired) electrons. The highest BCUT2D eigenvalue weighted by atomic mass is 16.5. The lowest BCUT2D eigenvalue weighted by molar-refractivity contribution is -0.143. The number of carbonyl (C=O) groups is 2. The molecule has 0 spiro atoms. The van der Waals surface area contributed by atoms with E-state index in [1.807, 2.05) is 6.08 Å². The van der Waals surface area contributed by atoms with Crippen molar-refractivity contribution in [3.63, 3.8) is 0 Å². The number of ether oxygens (including phenoxy) is 1. The molecular weight excluding hydrogens is 863 g/mol. The summed E-state index contributed by atoms with van der Waals surface area (Å²) in [5.74, 6) is -0.0831. The van der Waals surface area contributed by atoms with Crippen LogP contribution in [0, 0.1) is 0 Å². The van der Waals surface area contributed by atoms with Crippen molar-refractivity contribution in [2.75, 3.05) is 13.2 Å². The van der Waals surface area contributed by atoms with E-state index in [9.17, 15) is 19.8 Å². The first kappa shape index (κ1) is 68.3. The second-order valence-electron chi connectivity index (χ2n) is 21.7. The first-order valence-electron chi connectivity index (χ1n) is 31.6. The predicted molar refractivity (Wildman–Crippen MR) is 306 cm³/mol. The van der Waals surface area contributed by atoms with Crippen LogP contribution in [-0.2, 0) is 14.3 Å². The summed E-state index contributed by atoms with van der Waals surface area (Å²) in [6, 6.07) is -0.641. The lowest BCUT2D eigenvalue weighted by atomic mass is 10.0. The molecule has 0 aliphatic rings. The molecule has 1 amide bonds. The molecular formula is C64H123NO5. The topological polar surface area (TPSA) is 95.9 Å². The smallest absolute Gasteiger partial charge is 0.305 e. The number of amides is 1. The van der Waals surface area contributed by atoms with Crippen LogP contribution in [0.15, 0.2) is 24.3 Å². The molecule has 3 N–H and O–H groups in total. The predicted octanol–water partition coefficient (Wildman–Crippen LogP) is 19.8. The molecule has 0 fully saturated rings. The largest absolute Gasteiger partial charge is 0.466 e. The summed E-state index contributed by atoms with van der Waals surface area (Å²) in [4.78, 5) is 24.5. The van der Waals surface area contributed by atoms with Crippen LogP contribution in [-0.4, -0.2) is 47.4 Å². The van der Waals surface area contributed by atoms with Gasteiger partial charge in [0.15, 0.2) is 0 Å². The molecule has 0 aliphatic heterocycles. The Bertz CT molecular complexity index is 1090. The number of carbonyl (C=O) groups excluding carboxylic acids is 2. The van der Waals surface area contributed by atoms with Gasteiger partial charge >= 0.3 is 5.97 Å².